The average Bonchev–Trinajstić information content (AvgIpc) is 2.29. The van der Waals surface area contributed by atoms with Crippen LogP contribution in [0, 0.1) is 0 Å². The molecule has 88 valence electrons. The summed E-state index contributed by atoms with van der Waals surface area (Å²) in [6.07, 6.45) is 0.340. The number of benzene rings is 1. The van der Waals surface area contributed by atoms with Gasteiger partial charge in [0.1, 0.15) is 11.4 Å². The first-order chi connectivity index (χ1) is 7.49. The lowest BCUT2D eigenvalue weighted by atomic mass is 9.98. The summed E-state index contributed by atoms with van der Waals surface area (Å²) in [6.45, 7) is 5.21. The molecule has 0 fully saturated rings. The maximum absolute atomic E-state index is 11.0. The van der Waals surface area contributed by atoms with Crippen LogP contribution >= 0.6 is 0 Å². The highest BCUT2D eigenvalue weighted by atomic mass is 17.1. The van der Waals surface area contributed by atoms with Crippen LogP contribution in [-0.4, -0.2) is 11.2 Å². The van der Waals surface area contributed by atoms with E-state index in [0.29, 0.717) is 12.2 Å². The van der Waals surface area contributed by atoms with Gasteiger partial charge in [-0.2, -0.15) is 0 Å². The summed E-state index contributed by atoms with van der Waals surface area (Å²) in [6, 6.07) is 6.83. The van der Waals surface area contributed by atoms with E-state index in [9.17, 15) is 4.79 Å². The van der Waals surface area contributed by atoms with E-state index in [1.54, 1.807) is 45.0 Å². The Balaban J connectivity index is 2.79. The molecule has 1 aromatic rings. The van der Waals surface area contributed by atoms with Crippen molar-refractivity contribution in [1.29, 1.82) is 0 Å². The molecule has 16 heavy (non-hydrogen) atoms. The molecule has 0 aromatic heterocycles. The molecule has 1 N–H and O–H groups in total. The van der Waals surface area contributed by atoms with Crippen molar-refractivity contribution in [3.63, 3.8) is 0 Å². The quantitative estimate of drug-likeness (QED) is 0.370. The van der Waals surface area contributed by atoms with Gasteiger partial charge < -0.3 is 4.74 Å². The second-order valence-corrected chi connectivity index (χ2v) is 3.95. The molecule has 1 rings (SSSR count). The van der Waals surface area contributed by atoms with Gasteiger partial charge in [0.2, 0.25) is 0 Å². The largest absolute Gasteiger partial charge is 0.427 e. The number of hydrogen-bond donors (Lipinski definition) is 1. The molecule has 0 radical (unpaired) electrons. The van der Waals surface area contributed by atoms with Gasteiger partial charge in [-0.25, -0.2) is 4.89 Å². The Bertz CT molecular complexity index is 354. The number of ether oxygens (including phenoxy) is 1. The average molecular weight is 224 g/mol. The molecule has 0 aliphatic carbocycles. The van der Waals surface area contributed by atoms with E-state index in [0.717, 1.165) is 5.56 Å². The van der Waals surface area contributed by atoms with Crippen LogP contribution in [-0.2, 0) is 15.3 Å². The zero-order chi connectivity index (χ0) is 12.2. The van der Waals surface area contributed by atoms with E-state index in [1.165, 1.54) is 0 Å². The zero-order valence-corrected chi connectivity index (χ0v) is 9.69. The van der Waals surface area contributed by atoms with Crippen LogP contribution in [0.2, 0.25) is 0 Å². The number of rotatable bonds is 4. The van der Waals surface area contributed by atoms with Crippen LogP contribution in [0.25, 0.3) is 0 Å². The SMILES string of the molecule is CCC(=O)Oc1ccc(C(C)(C)OO)cc1. The molecule has 4 nitrogen and oxygen atoms in total. The lowest BCUT2D eigenvalue weighted by molar-refractivity contribution is -0.318. The van der Waals surface area contributed by atoms with E-state index in [4.69, 9.17) is 9.99 Å². The smallest absolute Gasteiger partial charge is 0.310 e. The lowest BCUT2D eigenvalue weighted by Gasteiger charge is -2.20. The third-order valence-electron chi connectivity index (χ3n) is 2.30. The molecule has 0 unspecified atom stereocenters. The highest BCUT2D eigenvalue weighted by Crippen LogP contribution is 2.25. The summed E-state index contributed by atoms with van der Waals surface area (Å²) in [4.78, 5) is 15.4. The molecule has 0 spiro atoms. The molecule has 1 aromatic carbocycles. The van der Waals surface area contributed by atoms with E-state index < -0.39 is 5.60 Å². The molecule has 0 aliphatic heterocycles. The van der Waals surface area contributed by atoms with Crippen LogP contribution < -0.4 is 4.74 Å². The molecule has 0 amide bonds. The van der Waals surface area contributed by atoms with Gasteiger partial charge in [0.25, 0.3) is 0 Å². The Morgan fingerprint density at radius 2 is 1.88 bits per heavy atom. The van der Waals surface area contributed by atoms with Crippen molar-refractivity contribution in [2.75, 3.05) is 0 Å². The predicted molar refractivity (Wildman–Crippen MR) is 59.1 cm³/mol. The van der Waals surface area contributed by atoms with Crippen LogP contribution in [0.15, 0.2) is 24.3 Å². The summed E-state index contributed by atoms with van der Waals surface area (Å²) in [5.41, 5.74) is 0.0270. The number of carbonyl (C=O) groups excluding carboxylic acids is 1. The Hall–Kier alpha value is -1.39. The van der Waals surface area contributed by atoms with Crippen LogP contribution in [0.4, 0.5) is 0 Å². The minimum absolute atomic E-state index is 0.273. The molecule has 4 heteroatoms. The van der Waals surface area contributed by atoms with Crippen molar-refractivity contribution in [3.8, 4) is 5.75 Å². The molecule has 0 saturated carbocycles. The third kappa shape index (κ3) is 3.05. The highest BCUT2D eigenvalue weighted by Gasteiger charge is 2.21. The number of hydrogen-bond acceptors (Lipinski definition) is 4. The van der Waals surface area contributed by atoms with Crippen LogP contribution in [0.3, 0.4) is 0 Å². The number of carbonyl (C=O) groups is 1. The summed E-state index contributed by atoms with van der Waals surface area (Å²) in [5.74, 6) is 0.217. The van der Waals surface area contributed by atoms with Gasteiger partial charge in [-0.1, -0.05) is 19.1 Å². The molecular weight excluding hydrogens is 208 g/mol. The Labute approximate surface area is 94.7 Å². The maximum Gasteiger partial charge on any atom is 0.310 e. The van der Waals surface area contributed by atoms with Gasteiger partial charge in [-0.15, -0.1) is 0 Å². The fraction of sp³-hybridized carbons (Fsp3) is 0.417. The summed E-state index contributed by atoms with van der Waals surface area (Å²) in [5, 5.41) is 8.71. The first kappa shape index (κ1) is 12.7. The Morgan fingerprint density at radius 1 is 1.31 bits per heavy atom. The van der Waals surface area contributed by atoms with Crippen molar-refractivity contribution in [1.82, 2.24) is 0 Å². The van der Waals surface area contributed by atoms with Crippen molar-refractivity contribution in [2.24, 2.45) is 0 Å². The van der Waals surface area contributed by atoms with Crippen molar-refractivity contribution in [2.45, 2.75) is 32.8 Å². The van der Waals surface area contributed by atoms with Gasteiger partial charge in [0, 0.05) is 6.42 Å². The summed E-state index contributed by atoms with van der Waals surface area (Å²) < 4.78 is 5.02. The second-order valence-electron chi connectivity index (χ2n) is 3.95. The fourth-order valence-electron chi connectivity index (χ4n) is 1.18. The number of esters is 1. The lowest BCUT2D eigenvalue weighted by Crippen LogP contribution is -2.19. The molecule has 0 heterocycles. The summed E-state index contributed by atoms with van der Waals surface area (Å²) in [7, 11) is 0. The van der Waals surface area contributed by atoms with Gasteiger partial charge in [-0.3, -0.25) is 10.1 Å². The molecule has 0 saturated heterocycles. The van der Waals surface area contributed by atoms with Gasteiger partial charge in [0.15, 0.2) is 0 Å². The monoisotopic (exact) mass is 224 g/mol. The van der Waals surface area contributed by atoms with E-state index in [1.807, 2.05) is 0 Å². The first-order valence-electron chi connectivity index (χ1n) is 5.13. The van der Waals surface area contributed by atoms with Crippen molar-refractivity contribution >= 4 is 5.97 Å². The minimum Gasteiger partial charge on any atom is -0.427 e. The van der Waals surface area contributed by atoms with Gasteiger partial charge in [0.05, 0.1) is 0 Å². The van der Waals surface area contributed by atoms with Crippen LogP contribution in [0.1, 0.15) is 32.8 Å². The van der Waals surface area contributed by atoms with E-state index in [2.05, 4.69) is 4.89 Å². The molecule has 0 aliphatic rings. The fourth-order valence-corrected chi connectivity index (χ4v) is 1.18. The van der Waals surface area contributed by atoms with E-state index >= 15 is 0 Å². The minimum atomic E-state index is -0.771. The van der Waals surface area contributed by atoms with Gasteiger partial charge in [-0.05, 0) is 31.5 Å². The second kappa shape index (κ2) is 5.09. The zero-order valence-electron chi connectivity index (χ0n) is 9.69. The first-order valence-corrected chi connectivity index (χ1v) is 5.13. The van der Waals surface area contributed by atoms with E-state index in [-0.39, 0.29) is 5.97 Å². The summed E-state index contributed by atoms with van der Waals surface area (Å²) >= 11 is 0. The Kier molecular flexibility index (Phi) is 4.04. The third-order valence-corrected chi connectivity index (χ3v) is 2.30. The highest BCUT2D eigenvalue weighted by molar-refractivity contribution is 5.71. The predicted octanol–water partition coefficient (Wildman–Crippen LogP) is 2.73. The molecule has 0 bridgehead atoms. The maximum atomic E-state index is 11.0. The normalized spacial score (nSPS) is 11.2. The standard InChI is InChI=1S/C12H16O4/c1-4-11(13)15-10-7-5-9(6-8-10)12(2,3)16-14/h5-8,14H,4H2,1-3H3. The molecule has 0 atom stereocenters. The molecular formula is C12H16O4. The van der Waals surface area contributed by atoms with Crippen LogP contribution in [0.5, 0.6) is 5.75 Å². The topological polar surface area (TPSA) is 55.8 Å². The van der Waals surface area contributed by atoms with Crippen molar-refractivity contribution in [3.05, 3.63) is 29.8 Å². The van der Waals surface area contributed by atoms with Crippen molar-refractivity contribution < 1.29 is 19.7 Å². The van der Waals surface area contributed by atoms with Gasteiger partial charge >= 0.3 is 5.97 Å². The Morgan fingerprint density at radius 3 is 2.31 bits per heavy atom.